The number of benzene rings is 1. The summed E-state index contributed by atoms with van der Waals surface area (Å²) >= 11 is 0. The minimum atomic E-state index is 0.280. The van der Waals surface area contributed by atoms with Crippen molar-refractivity contribution in [2.75, 3.05) is 6.61 Å². The average Bonchev–Trinajstić information content (AvgIpc) is 2.20. The van der Waals surface area contributed by atoms with E-state index in [0.717, 1.165) is 5.75 Å². The zero-order valence-electron chi connectivity index (χ0n) is 10.3. The first-order valence-electron chi connectivity index (χ1n) is 5.79. The van der Waals surface area contributed by atoms with E-state index in [1.165, 1.54) is 5.56 Å². The van der Waals surface area contributed by atoms with Gasteiger partial charge in [-0.3, -0.25) is 4.79 Å². The number of hydrogen-bond donors (Lipinski definition) is 0. The molecule has 0 saturated carbocycles. The van der Waals surface area contributed by atoms with Crippen molar-refractivity contribution in [3.05, 3.63) is 29.8 Å². The SMILES string of the molecule is Cc1ccc(OCCC(=O)CC(C)C)cc1. The fourth-order valence-corrected chi connectivity index (χ4v) is 1.47. The molecule has 2 nitrogen and oxygen atoms in total. The first-order chi connectivity index (χ1) is 7.58. The highest BCUT2D eigenvalue weighted by Crippen LogP contribution is 2.12. The van der Waals surface area contributed by atoms with Crippen LogP contribution in [-0.2, 0) is 4.79 Å². The third kappa shape index (κ3) is 4.96. The molecule has 1 aromatic rings. The Labute approximate surface area is 97.6 Å². The number of Topliss-reactive ketones (excluding diaryl/α,β-unsaturated/α-hetero) is 1. The van der Waals surface area contributed by atoms with Gasteiger partial charge in [0.1, 0.15) is 11.5 Å². The Morgan fingerprint density at radius 3 is 2.44 bits per heavy atom. The lowest BCUT2D eigenvalue weighted by atomic mass is 10.1. The first-order valence-corrected chi connectivity index (χ1v) is 5.79. The Balaban J connectivity index is 2.25. The Morgan fingerprint density at radius 1 is 1.25 bits per heavy atom. The molecular formula is C14H20O2. The molecule has 0 spiro atoms. The van der Waals surface area contributed by atoms with Gasteiger partial charge in [0, 0.05) is 12.8 Å². The molecule has 0 amide bonds. The van der Waals surface area contributed by atoms with Crippen LogP contribution in [0.15, 0.2) is 24.3 Å². The zero-order chi connectivity index (χ0) is 12.0. The normalized spacial score (nSPS) is 10.5. The van der Waals surface area contributed by atoms with Crippen molar-refractivity contribution in [3.8, 4) is 5.75 Å². The van der Waals surface area contributed by atoms with Crippen LogP contribution >= 0.6 is 0 Å². The van der Waals surface area contributed by atoms with Gasteiger partial charge in [-0.25, -0.2) is 0 Å². The summed E-state index contributed by atoms with van der Waals surface area (Å²) in [6.45, 7) is 6.63. The molecule has 88 valence electrons. The number of hydrogen-bond acceptors (Lipinski definition) is 2. The van der Waals surface area contributed by atoms with Gasteiger partial charge in [-0.05, 0) is 25.0 Å². The van der Waals surface area contributed by atoms with Crippen LogP contribution < -0.4 is 4.74 Å². The minimum absolute atomic E-state index is 0.280. The van der Waals surface area contributed by atoms with Crippen molar-refractivity contribution < 1.29 is 9.53 Å². The van der Waals surface area contributed by atoms with Crippen molar-refractivity contribution in [1.29, 1.82) is 0 Å². The summed E-state index contributed by atoms with van der Waals surface area (Å²) in [6, 6.07) is 7.88. The molecule has 0 atom stereocenters. The van der Waals surface area contributed by atoms with Crippen molar-refractivity contribution in [2.24, 2.45) is 5.92 Å². The van der Waals surface area contributed by atoms with Crippen LogP contribution in [0.2, 0.25) is 0 Å². The maximum Gasteiger partial charge on any atom is 0.136 e. The van der Waals surface area contributed by atoms with Crippen LogP contribution in [-0.4, -0.2) is 12.4 Å². The summed E-state index contributed by atoms with van der Waals surface area (Å²) in [5.41, 5.74) is 1.21. The van der Waals surface area contributed by atoms with Crippen molar-refractivity contribution in [2.45, 2.75) is 33.6 Å². The van der Waals surface area contributed by atoms with Crippen LogP contribution in [0.5, 0.6) is 5.75 Å². The van der Waals surface area contributed by atoms with Crippen LogP contribution in [0, 0.1) is 12.8 Å². The molecule has 0 heterocycles. The second kappa shape index (κ2) is 6.31. The summed E-state index contributed by atoms with van der Waals surface area (Å²) in [5.74, 6) is 1.55. The summed E-state index contributed by atoms with van der Waals surface area (Å²) in [5, 5.41) is 0. The summed E-state index contributed by atoms with van der Waals surface area (Å²) < 4.78 is 5.49. The first kappa shape index (κ1) is 12.8. The number of carbonyl (C=O) groups excluding carboxylic acids is 1. The highest BCUT2D eigenvalue weighted by atomic mass is 16.5. The highest BCUT2D eigenvalue weighted by molar-refractivity contribution is 5.78. The molecule has 0 N–H and O–H groups in total. The van der Waals surface area contributed by atoms with Gasteiger partial charge in [0.2, 0.25) is 0 Å². The third-order valence-corrected chi connectivity index (χ3v) is 2.31. The molecule has 0 bridgehead atoms. The van der Waals surface area contributed by atoms with E-state index in [-0.39, 0.29) is 5.78 Å². The van der Waals surface area contributed by atoms with Gasteiger partial charge in [-0.1, -0.05) is 31.5 Å². The van der Waals surface area contributed by atoms with Gasteiger partial charge in [-0.2, -0.15) is 0 Å². The molecule has 0 aliphatic carbocycles. The second-order valence-corrected chi connectivity index (χ2v) is 4.55. The van der Waals surface area contributed by atoms with Crippen LogP contribution in [0.1, 0.15) is 32.3 Å². The molecule has 0 radical (unpaired) electrons. The number of ether oxygens (including phenoxy) is 1. The van der Waals surface area contributed by atoms with Crippen LogP contribution in [0.4, 0.5) is 0 Å². The van der Waals surface area contributed by atoms with E-state index >= 15 is 0 Å². The summed E-state index contributed by atoms with van der Waals surface area (Å²) in [6.07, 6.45) is 1.16. The van der Waals surface area contributed by atoms with Crippen molar-refractivity contribution in [3.63, 3.8) is 0 Å². The number of aryl methyl sites for hydroxylation is 1. The minimum Gasteiger partial charge on any atom is -0.493 e. The van der Waals surface area contributed by atoms with Gasteiger partial charge in [0.05, 0.1) is 6.61 Å². The zero-order valence-corrected chi connectivity index (χ0v) is 10.3. The van der Waals surface area contributed by atoms with Gasteiger partial charge < -0.3 is 4.74 Å². The average molecular weight is 220 g/mol. The van der Waals surface area contributed by atoms with Crippen LogP contribution in [0.25, 0.3) is 0 Å². The van der Waals surface area contributed by atoms with Gasteiger partial charge >= 0.3 is 0 Å². The van der Waals surface area contributed by atoms with Gasteiger partial charge in [0.25, 0.3) is 0 Å². The Hall–Kier alpha value is -1.31. The molecule has 0 aliphatic heterocycles. The van der Waals surface area contributed by atoms with E-state index in [0.29, 0.717) is 25.4 Å². The molecular weight excluding hydrogens is 200 g/mol. The molecule has 0 unspecified atom stereocenters. The maximum absolute atomic E-state index is 11.4. The number of carbonyl (C=O) groups is 1. The van der Waals surface area contributed by atoms with Crippen molar-refractivity contribution >= 4 is 5.78 Å². The molecule has 0 fully saturated rings. The largest absolute Gasteiger partial charge is 0.493 e. The van der Waals surface area contributed by atoms with E-state index in [1.54, 1.807) is 0 Å². The fourth-order valence-electron chi connectivity index (χ4n) is 1.47. The molecule has 1 aromatic carbocycles. The highest BCUT2D eigenvalue weighted by Gasteiger charge is 2.05. The van der Waals surface area contributed by atoms with E-state index in [9.17, 15) is 4.79 Å². The monoisotopic (exact) mass is 220 g/mol. The van der Waals surface area contributed by atoms with Gasteiger partial charge in [0.15, 0.2) is 0 Å². The lowest BCUT2D eigenvalue weighted by molar-refractivity contribution is -0.120. The summed E-state index contributed by atoms with van der Waals surface area (Å²) in [7, 11) is 0. The van der Waals surface area contributed by atoms with Crippen LogP contribution in [0.3, 0.4) is 0 Å². The van der Waals surface area contributed by atoms with Crippen molar-refractivity contribution in [1.82, 2.24) is 0 Å². The molecule has 16 heavy (non-hydrogen) atoms. The maximum atomic E-state index is 11.4. The lowest BCUT2D eigenvalue weighted by Gasteiger charge is -2.07. The predicted molar refractivity (Wildman–Crippen MR) is 65.8 cm³/mol. The Kier molecular flexibility index (Phi) is 5.03. The predicted octanol–water partition coefficient (Wildman–Crippen LogP) is 3.38. The van der Waals surface area contributed by atoms with E-state index < -0.39 is 0 Å². The molecule has 1 rings (SSSR count). The second-order valence-electron chi connectivity index (χ2n) is 4.55. The number of ketones is 1. The lowest BCUT2D eigenvalue weighted by Crippen LogP contribution is -2.08. The Morgan fingerprint density at radius 2 is 1.88 bits per heavy atom. The van der Waals surface area contributed by atoms with E-state index in [2.05, 4.69) is 13.8 Å². The fraction of sp³-hybridized carbons (Fsp3) is 0.500. The quantitative estimate of drug-likeness (QED) is 0.734. The molecule has 0 saturated heterocycles. The summed E-state index contributed by atoms with van der Waals surface area (Å²) in [4.78, 5) is 11.4. The third-order valence-electron chi connectivity index (χ3n) is 2.31. The van der Waals surface area contributed by atoms with E-state index in [1.807, 2.05) is 31.2 Å². The molecule has 0 aromatic heterocycles. The van der Waals surface area contributed by atoms with Gasteiger partial charge in [-0.15, -0.1) is 0 Å². The molecule has 2 heteroatoms. The van der Waals surface area contributed by atoms with E-state index in [4.69, 9.17) is 4.74 Å². The standard InChI is InChI=1S/C14H20O2/c1-11(2)10-13(15)8-9-16-14-6-4-12(3)5-7-14/h4-7,11H,8-10H2,1-3H3. The smallest absolute Gasteiger partial charge is 0.136 e. The Bertz CT molecular complexity index is 325. The molecule has 0 aliphatic rings. The topological polar surface area (TPSA) is 26.3 Å². The number of rotatable bonds is 6.